The molecule has 0 aliphatic carbocycles. The third-order valence-electron chi connectivity index (χ3n) is 5.71. The summed E-state index contributed by atoms with van der Waals surface area (Å²) >= 11 is 6.37. The van der Waals surface area contributed by atoms with Crippen LogP contribution < -0.4 is 10.7 Å². The number of aromatic nitrogens is 2. The topological polar surface area (TPSA) is 95.1 Å². The molecule has 1 unspecified atom stereocenters. The molecule has 0 saturated carbocycles. The Kier molecular flexibility index (Phi) is 5.20. The number of halogens is 4. The van der Waals surface area contributed by atoms with E-state index in [-0.39, 0.29) is 10.7 Å². The summed E-state index contributed by atoms with van der Waals surface area (Å²) in [5.41, 5.74) is 1.01. The van der Waals surface area contributed by atoms with Crippen molar-refractivity contribution in [2.45, 2.75) is 31.7 Å². The summed E-state index contributed by atoms with van der Waals surface area (Å²) in [6.07, 6.45) is 1.27. The summed E-state index contributed by atoms with van der Waals surface area (Å²) in [7, 11) is 0. The lowest BCUT2D eigenvalue weighted by Gasteiger charge is -2.35. The molecule has 33 heavy (non-hydrogen) atoms. The summed E-state index contributed by atoms with van der Waals surface area (Å²) in [5.74, 6) is -0.824. The highest BCUT2D eigenvalue weighted by Crippen LogP contribution is 2.37. The fourth-order valence-electron chi connectivity index (χ4n) is 4.13. The van der Waals surface area contributed by atoms with Crippen molar-refractivity contribution < 1.29 is 27.2 Å². The normalized spacial score (nSPS) is 19.7. The van der Waals surface area contributed by atoms with Gasteiger partial charge in [0, 0.05) is 30.4 Å². The van der Waals surface area contributed by atoms with E-state index in [0.717, 1.165) is 34.7 Å². The molecule has 2 saturated heterocycles. The van der Waals surface area contributed by atoms with Gasteiger partial charge in [-0.2, -0.15) is 13.2 Å². The Bertz CT molecular complexity index is 1220. The van der Waals surface area contributed by atoms with Crippen LogP contribution in [-0.4, -0.2) is 50.6 Å². The Labute approximate surface area is 190 Å². The zero-order chi connectivity index (χ0) is 23.3. The molecule has 0 bridgehead atoms. The van der Waals surface area contributed by atoms with E-state index >= 15 is 0 Å². The number of hydrogen-bond donors (Lipinski definition) is 2. The number of fused-ring (bicyclic) bond motifs is 1. The number of carbonyl (C=O) groups is 2. The molecule has 9 nitrogen and oxygen atoms in total. The number of hydrogen-bond acceptors (Lipinski definition) is 5. The predicted octanol–water partition coefficient (Wildman–Crippen LogP) is 3.71. The number of rotatable bonds is 3. The molecule has 2 fully saturated rings. The second-order valence-electron chi connectivity index (χ2n) is 7.83. The van der Waals surface area contributed by atoms with Crippen molar-refractivity contribution in [1.29, 1.82) is 0 Å². The van der Waals surface area contributed by atoms with Crippen molar-refractivity contribution in [3.63, 3.8) is 0 Å². The van der Waals surface area contributed by atoms with Crippen molar-refractivity contribution >= 4 is 29.2 Å². The summed E-state index contributed by atoms with van der Waals surface area (Å²) in [6.45, 7) is 1.31. The number of piperidine rings is 1. The van der Waals surface area contributed by atoms with E-state index in [0.29, 0.717) is 18.7 Å². The van der Waals surface area contributed by atoms with Crippen LogP contribution in [0.25, 0.3) is 16.8 Å². The van der Waals surface area contributed by atoms with Crippen LogP contribution in [0.3, 0.4) is 0 Å². The first-order chi connectivity index (χ1) is 15.7. The largest absolute Gasteiger partial charge is 0.472 e. The number of nitrogens with zero attached hydrogens (tertiary/aromatic N) is 4. The molecule has 2 N–H and O–H groups in total. The number of nitrogens with one attached hydrogen (secondary N) is 2. The van der Waals surface area contributed by atoms with E-state index in [4.69, 9.17) is 16.0 Å². The van der Waals surface area contributed by atoms with Gasteiger partial charge in [0.2, 0.25) is 0 Å². The Hall–Kier alpha value is -3.25. The van der Waals surface area contributed by atoms with E-state index in [1.165, 1.54) is 24.8 Å². The maximum Gasteiger partial charge on any atom is 0.420 e. The maximum absolute atomic E-state index is 13.8. The molecule has 0 spiro atoms. The summed E-state index contributed by atoms with van der Waals surface area (Å²) < 4.78 is 47.5. The van der Waals surface area contributed by atoms with E-state index < -0.39 is 41.3 Å². The first kappa shape index (κ1) is 21.6. The lowest BCUT2D eigenvalue weighted by atomic mass is 10.1. The molecule has 2 aliphatic rings. The number of pyridine rings is 1. The number of urea groups is 1. The fraction of sp³-hybridized carbons (Fsp3) is 0.350. The number of alkyl halides is 3. The molecule has 0 aromatic carbocycles. The molecular formula is C20H18ClF3N6O3. The first-order valence-electron chi connectivity index (χ1n) is 10.2. The fourth-order valence-corrected chi connectivity index (χ4v) is 4.38. The van der Waals surface area contributed by atoms with Crippen LogP contribution in [-0.2, 0) is 6.18 Å². The van der Waals surface area contributed by atoms with E-state index in [1.54, 1.807) is 0 Å². The second-order valence-corrected chi connectivity index (χ2v) is 8.19. The van der Waals surface area contributed by atoms with Gasteiger partial charge in [-0.3, -0.25) is 14.1 Å². The van der Waals surface area contributed by atoms with Crippen molar-refractivity contribution in [2.24, 2.45) is 0 Å². The van der Waals surface area contributed by atoms with Crippen LogP contribution in [0.5, 0.6) is 0 Å². The zero-order valence-corrected chi connectivity index (χ0v) is 17.8. The van der Waals surface area contributed by atoms with E-state index in [1.807, 2.05) is 4.90 Å². The maximum atomic E-state index is 13.8. The molecule has 3 aromatic rings. The number of likely N-dealkylation sites (tertiary alicyclic amines) is 1. The molecule has 5 heterocycles. The molecule has 2 aliphatic heterocycles. The molecule has 3 amide bonds. The lowest BCUT2D eigenvalue weighted by Crippen LogP contribution is -2.55. The Balaban J connectivity index is 1.59. The molecule has 174 valence electrons. The zero-order valence-electron chi connectivity index (χ0n) is 17.0. The minimum atomic E-state index is -4.75. The lowest BCUT2D eigenvalue weighted by molar-refractivity contribution is -0.136. The van der Waals surface area contributed by atoms with Crippen molar-refractivity contribution in [1.82, 2.24) is 30.0 Å². The number of amides is 3. The molecular weight excluding hydrogens is 465 g/mol. The van der Waals surface area contributed by atoms with Crippen LogP contribution in [0.4, 0.5) is 18.0 Å². The average molecular weight is 483 g/mol. The van der Waals surface area contributed by atoms with Gasteiger partial charge < -0.3 is 9.73 Å². The van der Waals surface area contributed by atoms with Crippen molar-refractivity contribution in [3.05, 3.63) is 47.3 Å². The van der Waals surface area contributed by atoms with Gasteiger partial charge in [-0.1, -0.05) is 18.0 Å². The third-order valence-corrected chi connectivity index (χ3v) is 6.07. The molecule has 1 atom stereocenters. The molecule has 5 rings (SSSR count). The van der Waals surface area contributed by atoms with E-state index in [2.05, 4.69) is 15.7 Å². The SMILES string of the molecule is O=C1NC(N2CCCCC2)N(C(=O)c2nc3c(C(F)(F)F)cc(-c4ccoc4)cn3c2Cl)N1. The van der Waals surface area contributed by atoms with E-state index in [9.17, 15) is 22.8 Å². The van der Waals surface area contributed by atoms with Crippen molar-refractivity contribution in [2.75, 3.05) is 13.1 Å². The van der Waals surface area contributed by atoms with Gasteiger partial charge >= 0.3 is 12.2 Å². The minimum Gasteiger partial charge on any atom is -0.472 e. The first-order valence-corrected chi connectivity index (χ1v) is 10.6. The molecule has 3 aromatic heterocycles. The standard InChI is InChI=1S/C20H18ClF3N6O3/c21-15-14(17(31)30-19(26-18(32)27-30)28-5-2-1-3-6-28)25-16-13(20(22,23)24)8-12(9-29(15)16)11-4-7-33-10-11/h4,7-10,19H,1-3,5-6H2,(H2,26,27,32). The highest BCUT2D eigenvalue weighted by molar-refractivity contribution is 6.33. The number of imidazole rings is 1. The quantitative estimate of drug-likeness (QED) is 0.593. The number of furan rings is 1. The Morgan fingerprint density at radius 3 is 2.64 bits per heavy atom. The molecule has 0 radical (unpaired) electrons. The van der Waals surface area contributed by atoms with Crippen LogP contribution in [0.1, 0.15) is 35.3 Å². The summed E-state index contributed by atoms with van der Waals surface area (Å²) in [5, 5.41) is 3.37. The smallest absolute Gasteiger partial charge is 0.420 e. The number of hydrazine groups is 1. The van der Waals surface area contributed by atoms with Gasteiger partial charge in [-0.05, 0) is 25.0 Å². The van der Waals surface area contributed by atoms with Crippen molar-refractivity contribution in [3.8, 4) is 11.1 Å². The number of carbonyl (C=O) groups excluding carboxylic acids is 2. The summed E-state index contributed by atoms with van der Waals surface area (Å²) in [6, 6.07) is 1.83. The minimum absolute atomic E-state index is 0.184. The highest BCUT2D eigenvalue weighted by atomic mass is 35.5. The summed E-state index contributed by atoms with van der Waals surface area (Å²) in [4.78, 5) is 31.2. The van der Waals surface area contributed by atoms with Crippen LogP contribution in [0.15, 0.2) is 35.3 Å². The average Bonchev–Trinajstić information content (AvgIpc) is 3.52. The Morgan fingerprint density at radius 1 is 1.21 bits per heavy atom. The monoisotopic (exact) mass is 482 g/mol. The predicted molar refractivity (Wildman–Crippen MR) is 110 cm³/mol. The van der Waals surface area contributed by atoms with Gasteiger partial charge in [-0.25, -0.2) is 20.2 Å². The van der Waals surface area contributed by atoms with Gasteiger partial charge in [0.25, 0.3) is 5.91 Å². The molecule has 13 heteroatoms. The second kappa shape index (κ2) is 7.96. The van der Waals surface area contributed by atoms with Crippen LogP contribution >= 0.6 is 11.6 Å². The van der Waals surface area contributed by atoms with Crippen LogP contribution in [0, 0.1) is 0 Å². The third kappa shape index (κ3) is 3.78. The van der Waals surface area contributed by atoms with Gasteiger partial charge in [-0.15, -0.1) is 0 Å². The van der Waals surface area contributed by atoms with Gasteiger partial charge in [0.15, 0.2) is 17.6 Å². The van der Waals surface area contributed by atoms with Gasteiger partial charge in [0.1, 0.15) is 5.15 Å². The van der Waals surface area contributed by atoms with Crippen LogP contribution in [0.2, 0.25) is 5.15 Å². The van der Waals surface area contributed by atoms with Gasteiger partial charge in [0.05, 0.1) is 18.1 Å². The highest BCUT2D eigenvalue weighted by Gasteiger charge is 2.41. The Morgan fingerprint density at radius 2 is 1.97 bits per heavy atom.